The van der Waals surface area contributed by atoms with Crippen molar-refractivity contribution in [1.82, 2.24) is 15.0 Å². The van der Waals surface area contributed by atoms with Crippen molar-refractivity contribution in [2.45, 2.75) is 44.2 Å². The summed E-state index contributed by atoms with van der Waals surface area (Å²) in [5.74, 6) is 0.181. The average molecular weight is 432 g/mol. The summed E-state index contributed by atoms with van der Waals surface area (Å²) in [5.41, 5.74) is 2.64. The number of aromatic nitrogens is 3. The molecule has 1 aliphatic carbocycles. The van der Waals surface area contributed by atoms with Gasteiger partial charge >= 0.3 is 5.97 Å². The topological polar surface area (TPSA) is 110 Å². The summed E-state index contributed by atoms with van der Waals surface area (Å²) in [6, 6.07) is 17.3. The lowest BCUT2D eigenvalue weighted by molar-refractivity contribution is 0.0676. The molecule has 2 aromatic carbocycles. The van der Waals surface area contributed by atoms with Crippen LogP contribution in [0.2, 0.25) is 0 Å². The van der Waals surface area contributed by atoms with E-state index in [1.165, 1.54) is 10.2 Å². The van der Waals surface area contributed by atoms with Crippen LogP contribution in [-0.2, 0) is 6.54 Å². The van der Waals surface area contributed by atoms with Crippen LogP contribution in [0.1, 0.15) is 58.8 Å². The highest BCUT2D eigenvalue weighted by Crippen LogP contribution is 2.35. The normalized spacial score (nSPS) is 18.0. The van der Waals surface area contributed by atoms with E-state index in [4.69, 9.17) is 14.7 Å². The van der Waals surface area contributed by atoms with Gasteiger partial charge in [-0.3, -0.25) is 0 Å². The minimum Gasteiger partial charge on any atom is -0.497 e. The fourth-order valence-corrected chi connectivity index (χ4v) is 4.06. The van der Waals surface area contributed by atoms with Gasteiger partial charge in [0.15, 0.2) is 0 Å². The number of nitriles is 1. The molecule has 1 aliphatic rings. The molecule has 4 rings (SSSR count). The Labute approximate surface area is 186 Å². The molecule has 3 aromatic rings. The molecular weight excluding hydrogens is 408 g/mol. The molecule has 0 amide bonds. The van der Waals surface area contributed by atoms with E-state index in [-0.39, 0.29) is 17.7 Å². The van der Waals surface area contributed by atoms with Gasteiger partial charge in [-0.15, -0.1) is 5.10 Å². The van der Waals surface area contributed by atoms with Crippen LogP contribution in [0.15, 0.2) is 48.5 Å². The van der Waals surface area contributed by atoms with Crippen molar-refractivity contribution in [3.05, 3.63) is 70.9 Å². The smallest absolute Gasteiger partial charge is 0.362 e. The number of aromatic carboxylic acids is 1. The number of hydrogen-bond donors (Lipinski definition) is 1. The standard InChI is InChI=1S/C24H24N4O4/c1-31-20-10-4-17(5-11-20)15-28-23(22(24(29)30)26-27-28)32-21-12-8-19(9-13-21)18-6-2-16(14-25)3-7-18/h2-7,10-11,19,21H,8-9,12-13,15H2,1H3,(H,29,30)/t19-,21+. The Morgan fingerprint density at radius 3 is 2.41 bits per heavy atom. The van der Waals surface area contributed by atoms with Crippen molar-refractivity contribution >= 4 is 5.97 Å². The zero-order valence-electron chi connectivity index (χ0n) is 17.8. The molecule has 1 saturated carbocycles. The monoisotopic (exact) mass is 432 g/mol. The molecule has 1 aromatic heterocycles. The Hall–Kier alpha value is -3.86. The molecule has 0 atom stereocenters. The first kappa shape index (κ1) is 21.4. The van der Waals surface area contributed by atoms with Crippen LogP contribution in [0.4, 0.5) is 0 Å². The Morgan fingerprint density at radius 2 is 1.81 bits per heavy atom. The quantitative estimate of drug-likeness (QED) is 0.600. The number of benzene rings is 2. The highest BCUT2D eigenvalue weighted by atomic mass is 16.5. The summed E-state index contributed by atoms with van der Waals surface area (Å²) in [6.45, 7) is 0.347. The van der Waals surface area contributed by atoms with Gasteiger partial charge < -0.3 is 14.6 Å². The van der Waals surface area contributed by atoms with Crippen molar-refractivity contribution in [3.63, 3.8) is 0 Å². The van der Waals surface area contributed by atoms with Crippen molar-refractivity contribution < 1.29 is 19.4 Å². The van der Waals surface area contributed by atoms with Gasteiger partial charge in [-0.2, -0.15) is 5.26 Å². The lowest BCUT2D eigenvalue weighted by Gasteiger charge is -2.29. The maximum atomic E-state index is 11.7. The molecule has 1 fully saturated rings. The number of ether oxygens (including phenoxy) is 2. The Kier molecular flexibility index (Phi) is 6.36. The van der Waals surface area contributed by atoms with Crippen molar-refractivity contribution in [2.75, 3.05) is 7.11 Å². The van der Waals surface area contributed by atoms with Crippen LogP contribution in [0.5, 0.6) is 11.6 Å². The van der Waals surface area contributed by atoms with E-state index in [0.29, 0.717) is 18.0 Å². The summed E-state index contributed by atoms with van der Waals surface area (Å²) in [4.78, 5) is 11.7. The molecule has 0 unspecified atom stereocenters. The second kappa shape index (κ2) is 9.52. The number of carboxylic acids is 1. The van der Waals surface area contributed by atoms with Crippen molar-refractivity contribution in [3.8, 4) is 17.7 Å². The molecule has 32 heavy (non-hydrogen) atoms. The minimum atomic E-state index is -1.16. The fourth-order valence-electron chi connectivity index (χ4n) is 4.06. The molecule has 0 radical (unpaired) electrons. The largest absolute Gasteiger partial charge is 0.497 e. The third kappa shape index (κ3) is 4.72. The van der Waals surface area contributed by atoms with E-state index in [1.54, 1.807) is 7.11 Å². The van der Waals surface area contributed by atoms with Gasteiger partial charge in [-0.05, 0) is 67.0 Å². The van der Waals surface area contributed by atoms with Gasteiger partial charge in [0.05, 0.1) is 25.3 Å². The van der Waals surface area contributed by atoms with Gasteiger partial charge in [0.2, 0.25) is 11.6 Å². The SMILES string of the molecule is COc1ccc(Cn2nnc(C(=O)O)c2O[C@H]2CC[C@@H](c3ccc(C#N)cc3)CC2)cc1. The lowest BCUT2D eigenvalue weighted by Crippen LogP contribution is -2.25. The van der Waals surface area contributed by atoms with Crippen molar-refractivity contribution in [2.24, 2.45) is 0 Å². The first-order valence-corrected chi connectivity index (χ1v) is 10.5. The maximum absolute atomic E-state index is 11.7. The number of nitrogens with zero attached hydrogens (tertiary/aromatic N) is 4. The fraction of sp³-hybridized carbons (Fsp3) is 0.333. The van der Waals surface area contributed by atoms with Crippen LogP contribution >= 0.6 is 0 Å². The highest BCUT2D eigenvalue weighted by molar-refractivity contribution is 5.87. The van der Waals surface area contributed by atoms with E-state index in [0.717, 1.165) is 37.0 Å². The molecule has 8 heteroatoms. The molecule has 0 aliphatic heterocycles. The Bertz CT molecular complexity index is 1110. The van der Waals surface area contributed by atoms with E-state index in [1.807, 2.05) is 48.5 Å². The van der Waals surface area contributed by atoms with Crippen molar-refractivity contribution in [1.29, 1.82) is 5.26 Å². The van der Waals surface area contributed by atoms with E-state index in [9.17, 15) is 9.90 Å². The van der Waals surface area contributed by atoms with Gasteiger partial charge in [0.25, 0.3) is 0 Å². The number of hydrogen-bond acceptors (Lipinski definition) is 6. The van der Waals surface area contributed by atoms with Crippen LogP contribution < -0.4 is 9.47 Å². The van der Waals surface area contributed by atoms with Crippen LogP contribution in [0, 0.1) is 11.3 Å². The van der Waals surface area contributed by atoms with Crippen LogP contribution in [0.25, 0.3) is 0 Å². The maximum Gasteiger partial charge on any atom is 0.362 e. The third-order valence-corrected chi connectivity index (χ3v) is 5.85. The molecule has 0 saturated heterocycles. The first-order chi connectivity index (χ1) is 15.6. The van der Waals surface area contributed by atoms with Gasteiger partial charge in [-0.1, -0.05) is 29.5 Å². The van der Waals surface area contributed by atoms with Gasteiger partial charge in [0, 0.05) is 0 Å². The molecule has 1 N–H and O–H groups in total. The van der Waals surface area contributed by atoms with E-state index in [2.05, 4.69) is 16.4 Å². The average Bonchev–Trinajstić information content (AvgIpc) is 3.22. The Morgan fingerprint density at radius 1 is 1.12 bits per heavy atom. The molecule has 0 bridgehead atoms. The van der Waals surface area contributed by atoms with E-state index < -0.39 is 5.97 Å². The highest BCUT2D eigenvalue weighted by Gasteiger charge is 2.28. The first-order valence-electron chi connectivity index (χ1n) is 10.5. The van der Waals surface area contributed by atoms with Crippen LogP contribution in [-0.4, -0.2) is 39.3 Å². The lowest BCUT2D eigenvalue weighted by atomic mass is 9.82. The number of carboxylic acid groups (broad SMARTS) is 1. The van der Waals surface area contributed by atoms with Gasteiger partial charge in [0.1, 0.15) is 11.9 Å². The summed E-state index contributed by atoms with van der Waals surface area (Å²) in [6.07, 6.45) is 3.36. The third-order valence-electron chi connectivity index (χ3n) is 5.85. The second-order valence-electron chi connectivity index (χ2n) is 7.88. The summed E-state index contributed by atoms with van der Waals surface area (Å²) in [5, 5.41) is 26.4. The summed E-state index contributed by atoms with van der Waals surface area (Å²) < 4.78 is 12.8. The summed E-state index contributed by atoms with van der Waals surface area (Å²) >= 11 is 0. The zero-order valence-corrected chi connectivity index (χ0v) is 17.8. The molecule has 8 nitrogen and oxygen atoms in total. The minimum absolute atomic E-state index is 0.101. The molecule has 0 spiro atoms. The zero-order chi connectivity index (χ0) is 22.5. The summed E-state index contributed by atoms with van der Waals surface area (Å²) in [7, 11) is 1.60. The Balaban J connectivity index is 1.44. The number of methoxy groups -OCH3 is 1. The predicted octanol–water partition coefficient (Wildman–Crippen LogP) is 4.01. The number of carbonyl (C=O) groups is 1. The molecule has 1 heterocycles. The second-order valence-corrected chi connectivity index (χ2v) is 7.88. The molecular formula is C24H24N4O4. The van der Waals surface area contributed by atoms with Gasteiger partial charge in [-0.25, -0.2) is 9.48 Å². The predicted molar refractivity (Wildman–Crippen MR) is 116 cm³/mol. The van der Waals surface area contributed by atoms with E-state index >= 15 is 0 Å². The van der Waals surface area contributed by atoms with Crippen LogP contribution in [0.3, 0.4) is 0 Å². The number of rotatable bonds is 7. The molecule has 164 valence electrons.